The Bertz CT molecular complexity index is 658. The van der Waals surface area contributed by atoms with E-state index in [-0.39, 0.29) is 6.54 Å². The first-order valence-corrected chi connectivity index (χ1v) is 8.98. The number of carbonyl (C=O) groups is 1. The van der Waals surface area contributed by atoms with Crippen LogP contribution in [0.2, 0.25) is 0 Å². The molecule has 1 atom stereocenters. The van der Waals surface area contributed by atoms with E-state index < -0.39 is 28.8 Å². The molecule has 0 radical (unpaired) electrons. The van der Waals surface area contributed by atoms with Crippen LogP contribution in [-0.4, -0.2) is 53.8 Å². The number of carboxylic acid groups (broad SMARTS) is 1. The van der Waals surface area contributed by atoms with Crippen molar-refractivity contribution in [2.75, 3.05) is 19.6 Å². The fraction of sp³-hybridized carbons (Fsp3) is 0.438. The molecule has 0 fully saturated rings. The van der Waals surface area contributed by atoms with Crippen molar-refractivity contribution < 1.29 is 18.3 Å². The molecule has 1 heterocycles. The van der Waals surface area contributed by atoms with E-state index in [1.807, 2.05) is 36.4 Å². The average Bonchev–Trinajstić information content (AvgIpc) is 2.54. The van der Waals surface area contributed by atoms with Gasteiger partial charge >= 0.3 is 5.97 Å². The van der Waals surface area contributed by atoms with Gasteiger partial charge in [-0.25, -0.2) is 0 Å². The summed E-state index contributed by atoms with van der Waals surface area (Å²) in [5, 5.41) is 9.12. The minimum atomic E-state index is -3.80. The largest absolute Gasteiger partial charge is 0.480 e. The van der Waals surface area contributed by atoms with Crippen LogP contribution in [-0.2, 0) is 21.4 Å². The highest BCUT2D eigenvalue weighted by atomic mass is 32.2. The Hall–Kier alpha value is -1.70. The number of hydrogen-bond donors (Lipinski definition) is 1. The molecule has 6 nitrogen and oxygen atoms in total. The molecule has 1 unspecified atom stereocenters. The molecule has 1 aliphatic heterocycles. The third-order valence-electron chi connectivity index (χ3n) is 3.80. The van der Waals surface area contributed by atoms with Gasteiger partial charge in [0.2, 0.25) is 0 Å². The standard InChI is InChI=1S/C16H22N2O4S/c1-14(12-15-8-4-2-5-9-15)18(13-16(19)20)23(21,22)17-10-6-3-7-11-17/h2-6,8-9,14H,7,10-13H2,1H3,(H,19,20). The van der Waals surface area contributed by atoms with Crippen LogP contribution in [0.5, 0.6) is 0 Å². The maximum Gasteiger partial charge on any atom is 0.318 e. The number of nitrogens with zero attached hydrogens (tertiary/aromatic N) is 2. The van der Waals surface area contributed by atoms with Gasteiger partial charge in [0.05, 0.1) is 0 Å². The molecule has 7 heteroatoms. The minimum Gasteiger partial charge on any atom is -0.480 e. The lowest BCUT2D eigenvalue weighted by Gasteiger charge is -2.33. The summed E-state index contributed by atoms with van der Waals surface area (Å²) in [4.78, 5) is 11.2. The molecular formula is C16H22N2O4S. The van der Waals surface area contributed by atoms with E-state index >= 15 is 0 Å². The number of rotatable bonds is 7. The lowest BCUT2D eigenvalue weighted by atomic mass is 10.1. The zero-order chi connectivity index (χ0) is 16.9. The summed E-state index contributed by atoms with van der Waals surface area (Å²) in [7, 11) is -3.80. The van der Waals surface area contributed by atoms with Gasteiger partial charge in [0.1, 0.15) is 6.54 Å². The molecule has 0 aromatic heterocycles. The van der Waals surface area contributed by atoms with Crippen molar-refractivity contribution in [1.82, 2.24) is 8.61 Å². The van der Waals surface area contributed by atoms with E-state index in [0.717, 1.165) is 9.87 Å². The van der Waals surface area contributed by atoms with E-state index in [0.29, 0.717) is 19.4 Å². The predicted octanol–water partition coefficient (Wildman–Crippen LogP) is 1.51. The summed E-state index contributed by atoms with van der Waals surface area (Å²) in [6.07, 6.45) is 4.84. The van der Waals surface area contributed by atoms with Crippen molar-refractivity contribution in [3.8, 4) is 0 Å². The third-order valence-corrected chi connectivity index (χ3v) is 5.87. The zero-order valence-corrected chi connectivity index (χ0v) is 13.9. The van der Waals surface area contributed by atoms with Crippen LogP contribution in [0.3, 0.4) is 0 Å². The van der Waals surface area contributed by atoms with Crippen LogP contribution in [0, 0.1) is 0 Å². The van der Waals surface area contributed by atoms with Crippen molar-refractivity contribution in [2.24, 2.45) is 0 Å². The molecule has 126 valence electrons. The van der Waals surface area contributed by atoms with Gasteiger partial charge < -0.3 is 5.11 Å². The fourth-order valence-electron chi connectivity index (χ4n) is 2.63. The van der Waals surface area contributed by atoms with Gasteiger partial charge in [-0.15, -0.1) is 0 Å². The normalized spacial score (nSPS) is 17.3. The summed E-state index contributed by atoms with van der Waals surface area (Å²) in [6.45, 7) is 1.88. The minimum absolute atomic E-state index is 0.288. The topological polar surface area (TPSA) is 77.9 Å². The summed E-state index contributed by atoms with van der Waals surface area (Å²) in [5.74, 6) is -1.15. The molecule has 0 saturated heterocycles. The first-order chi connectivity index (χ1) is 10.9. The molecular weight excluding hydrogens is 316 g/mol. The molecule has 1 aromatic carbocycles. The second kappa shape index (κ2) is 7.72. The Labute approximate surface area is 137 Å². The second-order valence-electron chi connectivity index (χ2n) is 5.60. The summed E-state index contributed by atoms with van der Waals surface area (Å²) < 4.78 is 28.0. The van der Waals surface area contributed by atoms with Crippen molar-refractivity contribution in [3.05, 3.63) is 48.0 Å². The van der Waals surface area contributed by atoms with Crippen LogP contribution >= 0.6 is 0 Å². The molecule has 1 N–H and O–H groups in total. The summed E-state index contributed by atoms with van der Waals surface area (Å²) >= 11 is 0. The maximum absolute atomic E-state index is 12.8. The van der Waals surface area contributed by atoms with Crippen LogP contribution < -0.4 is 0 Å². The highest BCUT2D eigenvalue weighted by Crippen LogP contribution is 2.18. The summed E-state index contributed by atoms with van der Waals surface area (Å²) in [6, 6.07) is 9.03. The van der Waals surface area contributed by atoms with Crippen LogP contribution in [0.25, 0.3) is 0 Å². The van der Waals surface area contributed by atoms with Gasteiger partial charge in [0, 0.05) is 19.1 Å². The fourth-order valence-corrected chi connectivity index (χ4v) is 4.34. The number of benzene rings is 1. The average molecular weight is 338 g/mol. The molecule has 0 bridgehead atoms. The Morgan fingerprint density at radius 3 is 2.57 bits per heavy atom. The lowest BCUT2D eigenvalue weighted by molar-refractivity contribution is -0.137. The van der Waals surface area contributed by atoms with E-state index in [9.17, 15) is 13.2 Å². The molecule has 0 amide bonds. The van der Waals surface area contributed by atoms with E-state index in [1.165, 1.54) is 4.31 Å². The summed E-state index contributed by atoms with van der Waals surface area (Å²) in [5.41, 5.74) is 0.976. The molecule has 0 spiro atoms. The van der Waals surface area contributed by atoms with Gasteiger partial charge in [-0.05, 0) is 25.3 Å². The Balaban J connectivity index is 2.21. The smallest absolute Gasteiger partial charge is 0.318 e. The molecule has 1 aliphatic rings. The van der Waals surface area contributed by atoms with Crippen molar-refractivity contribution in [1.29, 1.82) is 0 Å². The molecule has 0 saturated carbocycles. The van der Waals surface area contributed by atoms with E-state index in [2.05, 4.69) is 0 Å². The second-order valence-corrected chi connectivity index (χ2v) is 7.48. The number of aliphatic carboxylic acids is 1. The van der Waals surface area contributed by atoms with Gasteiger partial charge in [-0.3, -0.25) is 4.79 Å². The lowest BCUT2D eigenvalue weighted by Crippen LogP contribution is -2.51. The monoisotopic (exact) mass is 338 g/mol. The Kier molecular flexibility index (Phi) is 5.92. The van der Waals surface area contributed by atoms with Crippen LogP contribution in [0.4, 0.5) is 0 Å². The predicted molar refractivity (Wildman–Crippen MR) is 88.2 cm³/mol. The number of hydrogen-bond acceptors (Lipinski definition) is 3. The van der Waals surface area contributed by atoms with Crippen molar-refractivity contribution in [2.45, 2.75) is 25.8 Å². The zero-order valence-electron chi connectivity index (χ0n) is 13.1. The molecule has 23 heavy (non-hydrogen) atoms. The van der Waals surface area contributed by atoms with Crippen molar-refractivity contribution >= 4 is 16.2 Å². The van der Waals surface area contributed by atoms with Gasteiger partial charge in [0.25, 0.3) is 10.2 Å². The number of carboxylic acids is 1. The van der Waals surface area contributed by atoms with Gasteiger partial charge in [-0.2, -0.15) is 17.0 Å². The highest BCUT2D eigenvalue weighted by Gasteiger charge is 2.34. The van der Waals surface area contributed by atoms with Crippen LogP contribution in [0.1, 0.15) is 18.9 Å². The Morgan fingerprint density at radius 2 is 2.00 bits per heavy atom. The van der Waals surface area contributed by atoms with Crippen LogP contribution in [0.15, 0.2) is 42.5 Å². The maximum atomic E-state index is 12.8. The third kappa shape index (κ3) is 4.63. The molecule has 0 aliphatic carbocycles. The molecule has 1 aromatic rings. The van der Waals surface area contributed by atoms with E-state index in [1.54, 1.807) is 13.0 Å². The highest BCUT2D eigenvalue weighted by molar-refractivity contribution is 7.86. The first-order valence-electron chi connectivity index (χ1n) is 7.59. The Morgan fingerprint density at radius 1 is 1.30 bits per heavy atom. The SMILES string of the molecule is CC(Cc1ccccc1)N(CC(=O)O)S(=O)(=O)N1CC=CCC1. The van der Waals surface area contributed by atoms with E-state index in [4.69, 9.17) is 5.11 Å². The molecule has 2 rings (SSSR count). The first kappa shape index (κ1) is 17.7. The van der Waals surface area contributed by atoms with Gasteiger partial charge in [-0.1, -0.05) is 42.5 Å². The van der Waals surface area contributed by atoms with Gasteiger partial charge in [0.15, 0.2) is 0 Å². The quantitative estimate of drug-likeness (QED) is 0.765. The van der Waals surface area contributed by atoms with Crippen molar-refractivity contribution in [3.63, 3.8) is 0 Å².